The number of hydrogen-bond acceptors (Lipinski definition) is 3. The minimum Gasteiger partial charge on any atom is -0.324 e. The molecule has 1 aromatic rings. The number of nitrogens with one attached hydrogen (secondary N) is 1. The van der Waals surface area contributed by atoms with E-state index in [-0.39, 0.29) is 6.04 Å². The van der Waals surface area contributed by atoms with Crippen molar-refractivity contribution in [2.75, 3.05) is 26.2 Å². The first-order valence-corrected chi connectivity index (χ1v) is 8.04. The van der Waals surface area contributed by atoms with E-state index in [2.05, 4.69) is 34.5 Å². The van der Waals surface area contributed by atoms with Crippen LogP contribution in [0, 0.1) is 5.92 Å². The average Bonchev–Trinajstić information content (AvgIpc) is 3.30. The van der Waals surface area contributed by atoms with Crippen LogP contribution in [0.4, 0.5) is 0 Å². The molecule has 3 heteroatoms. The van der Waals surface area contributed by atoms with E-state index in [1.165, 1.54) is 43.5 Å². The molecule has 20 heavy (non-hydrogen) atoms. The van der Waals surface area contributed by atoms with Crippen LogP contribution in [0.25, 0.3) is 0 Å². The van der Waals surface area contributed by atoms with Gasteiger partial charge in [0.25, 0.3) is 0 Å². The van der Waals surface area contributed by atoms with Gasteiger partial charge in [-0.05, 0) is 30.4 Å². The van der Waals surface area contributed by atoms with Crippen LogP contribution in [0.2, 0.25) is 0 Å². The van der Waals surface area contributed by atoms with Gasteiger partial charge in [-0.15, -0.1) is 0 Å². The van der Waals surface area contributed by atoms with E-state index in [4.69, 9.17) is 5.73 Å². The molecule has 0 amide bonds. The molecule has 0 spiro atoms. The summed E-state index contributed by atoms with van der Waals surface area (Å²) in [6, 6.07) is 9.75. The summed E-state index contributed by atoms with van der Waals surface area (Å²) in [6.07, 6.45) is 4.19. The van der Waals surface area contributed by atoms with Crippen molar-refractivity contribution >= 4 is 0 Å². The minimum absolute atomic E-state index is 0.130. The zero-order chi connectivity index (χ0) is 13.9. The number of benzene rings is 1. The molecule has 110 valence electrons. The summed E-state index contributed by atoms with van der Waals surface area (Å²) in [6.45, 7) is 6.64. The van der Waals surface area contributed by atoms with Gasteiger partial charge in [0, 0.05) is 38.3 Å². The maximum atomic E-state index is 5.95. The van der Waals surface area contributed by atoms with Crippen molar-refractivity contribution in [1.82, 2.24) is 10.2 Å². The molecule has 0 radical (unpaired) electrons. The average molecular weight is 273 g/mol. The Morgan fingerprint density at radius 2 is 1.75 bits per heavy atom. The Labute approximate surface area is 122 Å². The maximum Gasteiger partial charge on any atom is 0.0351 e. The topological polar surface area (TPSA) is 41.3 Å². The van der Waals surface area contributed by atoms with Crippen molar-refractivity contribution in [2.24, 2.45) is 11.7 Å². The molecular weight excluding hydrogens is 246 g/mol. The second-order valence-corrected chi connectivity index (χ2v) is 6.44. The monoisotopic (exact) mass is 273 g/mol. The van der Waals surface area contributed by atoms with Gasteiger partial charge in [-0.1, -0.05) is 37.1 Å². The van der Waals surface area contributed by atoms with Gasteiger partial charge in [0.15, 0.2) is 0 Å². The predicted molar refractivity (Wildman–Crippen MR) is 83.6 cm³/mol. The fourth-order valence-electron chi connectivity index (χ4n) is 3.18. The third-order valence-electron chi connectivity index (χ3n) is 4.69. The Kier molecular flexibility index (Phi) is 4.39. The molecular formula is C17H27N3. The van der Waals surface area contributed by atoms with Crippen LogP contribution in [0.3, 0.4) is 0 Å². The summed E-state index contributed by atoms with van der Waals surface area (Å²) in [4.78, 5) is 2.66. The third kappa shape index (κ3) is 3.40. The second-order valence-electron chi connectivity index (χ2n) is 6.44. The minimum atomic E-state index is 0.130. The smallest absolute Gasteiger partial charge is 0.0351 e. The molecule has 1 aliphatic heterocycles. The number of piperazine rings is 1. The van der Waals surface area contributed by atoms with Crippen LogP contribution < -0.4 is 11.1 Å². The van der Waals surface area contributed by atoms with Gasteiger partial charge in [-0.3, -0.25) is 4.90 Å². The van der Waals surface area contributed by atoms with Crippen LogP contribution in [0.5, 0.6) is 0 Å². The lowest BCUT2D eigenvalue weighted by Crippen LogP contribution is -2.45. The number of rotatable bonds is 5. The molecule has 0 bridgehead atoms. The summed E-state index contributed by atoms with van der Waals surface area (Å²) in [5, 5.41) is 3.46. The summed E-state index contributed by atoms with van der Waals surface area (Å²) < 4.78 is 0. The lowest BCUT2D eigenvalue weighted by atomic mass is 9.96. The third-order valence-corrected chi connectivity index (χ3v) is 4.69. The van der Waals surface area contributed by atoms with Gasteiger partial charge in [-0.2, -0.15) is 0 Å². The summed E-state index contributed by atoms with van der Waals surface area (Å²) in [5.74, 6) is 0.961. The highest BCUT2D eigenvalue weighted by molar-refractivity contribution is 5.27. The largest absolute Gasteiger partial charge is 0.324 e. The molecule has 1 saturated carbocycles. The molecule has 3 N–H and O–H groups in total. The normalized spacial score (nSPS) is 23.5. The van der Waals surface area contributed by atoms with Crippen LogP contribution in [0.1, 0.15) is 49.4 Å². The first-order valence-electron chi connectivity index (χ1n) is 8.04. The highest BCUT2D eigenvalue weighted by Crippen LogP contribution is 2.40. The molecule has 1 heterocycles. The standard InChI is InChI=1S/C17H27N3/c1-13(18)15-4-6-16(7-5-15)17(12-14-2-3-14)20-10-8-19-9-11-20/h4-7,13-14,17,19H,2-3,8-12,18H2,1H3/t13-,17+/m0/s1. The molecule has 0 unspecified atom stereocenters. The SMILES string of the molecule is C[C@H](N)c1ccc([C@@H](CC2CC2)N2CCNCC2)cc1. The van der Waals surface area contributed by atoms with E-state index in [1.807, 2.05) is 6.92 Å². The lowest BCUT2D eigenvalue weighted by molar-refractivity contribution is 0.160. The first kappa shape index (κ1) is 14.1. The molecule has 3 rings (SSSR count). The van der Waals surface area contributed by atoms with Gasteiger partial charge >= 0.3 is 0 Å². The van der Waals surface area contributed by atoms with Crippen LogP contribution >= 0.6 is 0 Å². The van der Waals surface area contributed by atoms with E-state index in [0.29, 0.717) is 6.04 Å². The van der Waals surface area contributed by atoms with Gasteiger partial charge in [0.2, 0.25) is 0 Å². The Hall–Kier alpha value is -0.900. The van der Waals surface area contributed by atoms with Crippen molar-refractivity contribution in [2.45, 2.75) is 38.3 Å². The quantitative estimate of drug-likeness (QED) is 0.866. The number of nitrogens with two attached hydrogens (primary N) is 1. The molecule has 3 nitrogen and oxygen atoms in total. The maximum absolute atomic E-state index is 5.95. The van der Waals surface area contributed by atoms with Gasteiger partial charge < -0.3 is 11.1 Å². The zero-order valence-corrected chi connectivity index (χ0v) is 12.5. The highest BCUT2D eigenvalue weighted by Gasteiger charge is 2.30. The van der Waals surface area contributed by atoms with Gasteiger partial charge in [-0.25, -0.2) is 0 Å². The van der Waals surface area contributed by atoms with Crippen LogP contribution in [-0.4, -0.2) is 31.1 Å². The molecule has 0 aromatic heterocycles. The van der Waals surface area contributed by atoms with E-state index in [0.717, 1.165) is 19.0 Å². The van der Waals surface area contributed by atoms with E-state index in [1.54, 1.807) is 0 Å². The van der Waals surface area contributed by atoms with Crippen molar-refractivity contribution < 1.29 is 0 Å². The van der Waals surface area contributed by atoms with Gasteiger partial charge in [0.05, 0.1) is 0 Å². The van der Waals surface area contributed by atoms with Crippen LogP contribution in [0.15, 0.2) is 24.3 Å². The molecule has 2 fully saturated rings. The highest BCUT2D eigenvalue weighted by atomic mass is 15.2. The molecule has 1 aromatic carbocycles. The van der Waals surface area contributed by atoms with Crippen molar-refractivity contribution in [3.05, 3.63) is 35.4 Å². The number of nitrogens with zero attached hydrogens (tertiary/aromatic N) is 1. The van der Waals surface area contributed by atoms with Crippen molar-refractivity contribution in [1.29, 1.82) is 0 Å². The number of hydrogen-bond donors (Lipinski definition) is 2. The Bertz CT molecular complexity index is 416. The summed E-state index contributed by atoms with van der Waals surface area (Å²) in [7, 11) is 0. The molecule has 1 saturated heterocycles. The summed E-state index contributed by atoms with van der Waals surface area (Å²) >= 11 is 0. The fourth-order valence-corrected chi connectivity index (χ4v) is 3.18. The van der Waals surface area contributed by atoms with Crippen molar-refractivity contribution in [3.63, 3.8) is 0 Å². The lowest BCUT2D eigenvalue weighted by Gasteiger charge is -2.35. The Morgan fingerprint density at radius 1 is 1.15 bits per heavy atom. The summed E-state index contributed by atoms with van der Waals surface area (Å²) in [5.41, 5.74) is 8.67. The molecule has 1 aliphatic carbocycles. The van der Waals surface area contributed by atoms with E-state index < -0.39 is 0 Å². The molecule has 2 aliphatic rings. The van der Waals surface area contributed by atoms with E-state index >= 15 is 0 Å². The van der Waals surface area contributed by atoms with E-state index in [9.17, 15) is 0 Å². The molecule has 2 atom stereocenters. The van der Waals surface area contributed by atoms with Crippen LogP contribution in [-0.2, 0) is 0 Å². The predicted octanol–water partition coefficient (Wildman–Crippen LogP) is 2.45. The Morgan fingerprint density at radius 3 is 2.30 bits per heavy atom. The van der Waals surface area contributed by atoms with Crippen molar-refractivity contribution in [3.8, 4) is 0 Å². The van der Waals surface area contributed by atoms with Gasteiger partial charge in [0.1, 0.15) is 0 Å². The zero-order valence-electron chi connectivity index (χ0n) is 12.5. The first-order chi connectivity index (χ1) is 9.74. The second kappa shape index (κ2) is 6.25. The Balaban J connectivity index is 1.76. The fraction of sp³-hybridized carbons (Fsp3) is 0.647.